The van der Waals surface area contributed by atoms with Crippen LogP contribution < -0.4 is 0 Å². The first-order valence-electron chi connectivity index (χ1n) is 3.76. The molecule has 0 aliphatic carbocycles. The molecular weight excluding hydrogens is 243 g/mol. The van der Waals surface area contributed by atoms with E-state index in [1.165, 1.54) is 6.08 Å². The van der Waals surface area contributed by atoms with E-state index in [1.807, 2.05) is 0 Å². The van der Waals surface area contributed by atoms with Crippen molar-refractivity contribution in [1.82, 2.24) is 0 Å². The fourth-order valence-electron chi connectivity index (χ4n) is 1.07. The van der Waals surface area contributed by atoms with E-state index in [4.69, 9.17) is 22.3 Å². The van der Waals surface area contributed by atoms with Gasteiger partial charge in [-0.15, -0.1) is 6.58 Å². The molecule has 1 unspecified atom stereocenters. The molecule has 1 aromatic rings. The van der Waals surface area contributed by atoms with Crippen LogP contribution >= 0.6 is 22.3 Å². The zero-order valence-corrected chi connectivity index (χ0v) is 9.48. The van der Waals surface area contributed by atoms with Gasteiger partial charge in [-0.2, -0.15) is 0 Å². The van der Waals surface area contributed by atoms with Gasteiger partial charge in [-0.1, -0.05) is 29.8 Å². The Morgan fingerprint density at radius 3 is 2.14 bits per heavy atom. The summed E-state index contributed by atoms with van der Waals surface area (Å²) < 4.78 is 22.2. The molecule has 0 amide bonds. The summed E-state index contributed by atoms with van der Waals surface area (Å²) in [7, 11) is 1.57. The van der Waals surface area contributed by atoms with Gasteiger partial charge in [0, 0.05) is 15.7 Å². The zero-order valence-electron chi connectivity index (χ0n) is 7.15. The van der Waals surface area contributed by atoms with Crippen molar-refractivity contribution in [1.29, 1.82) is 0 Å². The lowest BCUT2D eigenvalue weighted by molar-refractivity contribution is 0.604. The fraction of sp³-hybridized carbons (Fsp3) is 0.111. The predicted octanol–water partition coefficient (Wildman–Crippen LogP) is 3.14. The summed E-state index contributed by atoms with van der Waals surface area (Å²) in [6, 6.07) is 6.42. The molecule has 0 radical (unpaired) electrons. The molecule has 14 heavy (non-hydrogen) atoms. The van der Waals surface area contributed by atoms with Crippen molar-refractivity contribution < 1.29 is 8.42 Å². The molecule has 0 fully saturated rings. The van der Waals surface area contributed by atoms with Crippen molar-refractivity contribution in [2.45, 2.75) is 5.25 Å². The van der Waals surface area contributed by atoms with Crippen LogP contribution in [0.4, 0.5) is 0 Å². The van der Waals surface area contributed by atoms with E-state index in [9.17, 15) is 8.42 Å². The van der Waals surface area contributed by atoms with Crippen LogP contribution in [-0.4, -0.2) is 8.42 Å². The van der Waals surface area contributed by atoms with E-state index in [1.54, 1.807) is 24.3 Å². The van der Waals surface area contributed by atoms with Gasteiger partial charge in [-0.3, -0.25) is 0 Å². The van der Waals surface area contributed by atoms with Crippen molar-refractivity contribution in [2.24, 2.45) is 0 Å². The molecule has 0 saturated carbocycles. The second-order valence-electron chi connectivity index (χ2n) is 2.68. The maximum atomic E-state index is 11.1. The first-order chi connectivity index (χ1) is 6.45. The van der Waals surface area contributed by atoms with E-state index < -0.39 is 14.3 Å². The molecule has 0 spiro atoms. The summed E-state index contributed by atoms with van der Waals surface area (Å²) in [6.07, 6.45) is 1.28. The Balaban J connectivity index is 3.15. The average molecular weight is 251 g/mol. The molecule has 5 heteroatoms. The van der Waals surface area contributed by atoms with E-state index >= 15 is 0 Å². The van der Waals surface area contributed by atoms with E-state index in [0.29, 0.717) is 10.6 Å². The van der Waals surface area contributed by atoms with Crippen LogP contribution in [0.25, 0.3) is 0 Å². The van der Waals surface area contributed by atoms with Gasteiger partial charge in [0.1, 0.15) is 5.25 Å². The van der Waals surface area contributed by atoms with Crippen molar-refractivity contribution in [2.75, 3.05) is 0 Å². The second kappa shape index (κ2) is 4.34. The van der Waals surface area contributed by atoms with Gasteiger partial charge in [-0.05, 0) is 17.7 Å². The van der Waals surface area contributed by atoms with E-state index in [0.717, 1.165) is 0 Å². The molecule has 76 valence electrons. The van der Waals surface area contributed by atoms with Gasteiger partial charge < -0.3 is 0 Å². The summed E-state index contributed by atoms with van der Waals surface area (Å²) in [6.45, 7) is 3.43. The SMILES string of the molecule is C=CC(c1ccc(Cl)cc1)S(=O)(=O)Cl. The number of hydrogen-bond donors (Lipinski definition) is 0. The Kier molecular flexibility index (Phi) is 3.59. The van der Waals surface area contributed by atoms with Gasteiger partial charge in [0.15, 0.2) is 0 Å². The molecule has 2 nitrogen and oxygen atoms in total. The molecule has 1 rings (SSSR count). The van der Waals surface area contributed by atoms with E-state index in [-0.39, 0.29) is 0 Å². The minimum atomic E-state index is -3.67. The van der Waals surface area contributed by atoms with Gasteiger partial charge in [0.05, 0.1) is 0 Å². The minimum Gasteiger partial charge on any atom is -0.211 e. The Labute approximate surface area is 92.6 Å². The van der Waals surface area contributed by atoms with Crippen LogP contribution in [0.15, 0.2) is 36.9 Å². The summed E-state index contributed by atoms with van der Waals surface area (Å²) in [4.78, 5) is 0. The Bertz CT molecular complexity index is 423. The van der Waals surface area contributed by atoms with Crippen molar-refractivity contribution in [3.63, 3.8) is 0 Å². The van der Waals surface area contributed by atoms with Crippen LogP contribution in [0, 0.1) is 0 Å². The van der Waals surface area contributed by atoms with Gasteiger partial charge in [0.2, 0.25) is 9.05 Å². The van der Waals surface area contributed by atoms with Gasteiger partial charge >= 0.3 is 0 Å². The highest BCUT2D eigenvalue weighted by molar-refractivity contribution is 8.14. The summed E-state index contributed by atoms with van der Waals surface area (Å²) in [5.41, 5.74) is 0.555. The molecule has 0 N–H and O–H groups in total. The van der Waals surface area contributed by atoms with Crippen molar-refractivity contribution in [3.8, 4) is 0 Å². The van der Waals surface area contributed by atoms with Crippen LogP contribution in [0.5, 0.6) is 0 Å². The molecule has 0 aliphatic rings. The zero-order chi connectivity index (χ0) is 10.8. The van der Waals surface area contributed by atoms with Gasteiger partial charge in [-0.25, -0.2) is 8.42 Å². The third kappa shape index (κ3) is 2.74. The molecule has 0 aromatic heterocycles. The normalized spacial score (nSPS) is 13.6. The van der Waals surface area contributed by atoms with Crippen LogP contribution in [0.1, 0.15) is 10.8 Å². The minimum absolute atomic E-state index is 0.545. The predicted molar refractivity (Wildman–Crippen MR) is 59.2 cm³/mol. The summed E-state index contributed by atoms with van der Waals surface area (Å²) >= 11 is 5.67. The van der Waals surface area contributed by atoms with Crippen molar-refractivity contribution >= 4 is 31.3 Å². The molecular formula is C9H8Cl2O2S. The number of benzene rings is 1. The maximum Gasteiger partial charge on any atom is 0.243 e. The monoisotopic (exact) mass is 250 g/mol. The van der Waals surface area contributed by atoms with E-state index in [2.05, 4.69) is 6.58 Å². The fourth-order valence-corrected chi connectivity index (χ4v) is 2.43. The summed E-state index contributed by atoms with van der Waals surface area (Å²) in [5, 5.41) is -0.343. The smallest absolute Gasteiger partial charge is 0.211 e. The molecule has 0 heterocycles. The second-order valence-corrected chi connectivity index (χ2v) is 5.87. The molecule has 1 aromatic carbocycles. The highest BCUT2D eigenvalue weighted by Gasteiger charge is 2.21. The Morgan fingerprint density at radius 1 is 1.29 bits per heavy atom. The first kappa shape index (κ1) is 11.6. The standard InChI is InChI=1S/C9H8Cl2O2S/c1-2-9(14(11,12)13)7-3-5-8(10)6-4-7/h2-6,9H,1H2. The quantitative estimate of drug-likeness (QED) is 0.610. The Morgan fingerprint density at radius 2 is 1.79 bits per heavy atom. The third-order valence-corrected chi connectivity index (χ3v) is 3.62. The highest BCUT2D eigenvalue weighted by atomic mass is 35.7. The average Bonchev–Trinajstić information content (AvgIpc) is 2.07. The summed E-state index contributed by atoms with van der Waals surface area (Å²) in [5.74, 6) is 0. The van der Waals surface area contributed by atoms with Gasteiger partial charge in [0.25, 0.3) is 0 Å². The number of rotatable bonds is 3. The number of halogens is 2. The largest absolute Gasteiger partial charge is 0.243 e. The molecule has 1 atom stereocenters. The molecule has 0 saturated heterocycles. The first-order valence-corrected chi connectivity index (χ1v) is 6.51. The maximum absolute atomic E-state index is 11.1. The topological polar surface area (TPSA) is 34.1 Å². The molecule has 0 bridgehead atoms. The van der Waals surface area contributed by atoms with Crippen LogP contribution in [0.2, 0.25) is 5.02 Å². The lowest BCUT2D eigenvalue weighted by Gasteiger charge is -2.08. The Hall–Kier alpha value is -0.510. The molecule has 0 aliphatic heterocycles. The lowest BCUT2D eigenvalue weighted by Crippen LogP contribution is -2.03. The van der Waals surface area contributed by atoms with Crippen LogP contribution in [0.3, 0.4) is 0 Å². The highest BCUT2D eigenvalue weighted by Crippen LogP contribution is 2.27. The van der Waals surface area contributed by atoms with Crippen molar-refractivity contribution in [3.05, 3.63) is 47.5 Å². The van der Waals surface area contributed by atoms with Crippen LogP contribution in [-0.2, 0) is 9.05 Å². The third-order valence-electron chi connectivity index (χ3n) is 1.72. The number of hydrogen-bond acceptors (Lipinski definition) is 2. The lowest BCUT2D eigenvalue weighted by atomic mass is 10.1.